The van der Waals surface area contributed by atoms with Crippen LogP contribution in [-0.4, -0.2) is 25.5 Å². The van der Waals surface area contributed by atoms with Crippen molar-refractivity contribution in [2.24, 2.45) is 0 Å². The number of nitrogens with one attached hydrogen (secondary N) is 2. The van der Waals surface area contributed by atoms with Gasteiger partial charge in [0, 0.05) is 23.3 Å². The molecule has 9 heteroatoms. The number of amides is 2. The van der Waals surface area contributed by atoms with Crippen molar-refractivity contribution < 1.29 is 17.9 Å². The number of nitrogens with zero attached hydrogens (tertiary/aromatic N) is 1. The normalized spacial score (nSPS) is 11.2. The summed E-state index contributed by atoms with van der Waals surface area (Å²) in [6.45, 7) is 3.42. The number of carbonyl (C=O) groups excluding carboxylic acids is 1. The van der Waals surface area contributed by atoms with Crippen molar-refractivity contribution in [1.82, 2.24) is 15.0 Å². The molecule has 128 valence electrons. The molecule has 0 saturated carbocycles. The van der Waals surface area contributed by atoms with E-state index < -0.39 is 16.1 Å². The van der Waals surface area contributed by atoms with Crippen molar-refractivity contribution >= 4 is 27.7 Å². The Morgan fingerprint density at radius 3 is 2.71 bits per heavy atom. The highest BCUT2D eigenvalue weighted by molar-refractivity contribution is 7.90. The lowest BCUT2D eigenvalue weighted by atomic mass is 10.3. The molecule has 0 unspecified atom stereocenters. The Kier molecular flexibility index (Phi) is 5.63. The first kappa shape index (κ1) is 18.0. The van der Waals surface area contributed by atoms with E-state index in [1.807, 2.05) is 4.72 Å². The van der Waals surface area contributed by atoms with E-state index >= 15 is 0 Å². The predicted octanol–water partition coefficient (Wildman–Crippen LogP) is 2.92. The number of benzene rings is 1. The lowest BCUT2D eigenvalue weighted by Gasteiger charge is -2.13. The van der Waals surface area contributed by atoms with Crippen molar-refractivity contribution in [2.45, 2.75) is 24.8 Å². The van der Waals surface area contributed by atoms with Crippen LogP contribution in [0.15, 0.2) is 47.6 Å². The number of aromatic nitrogens is 1. The van der Waals surface area contributed by atoms with Gasteiger partial charge in [-0.2, -0.15) is 0 Å². The van der Waals surface area contributed by atoms with Crippen LogP contribution in [0.1, 0.15) is 13.8 Å². The highest BCUT2D eigenvalue weighted by atomic mass is 35.5. The van der Waals surface area contributed by atoms with Gasteiger partial charge in [-0.1, -0.05) is 17.7 Å². The van der Waals surface area contributed by atoms with Gasteiger partial charge in [0.25, 0.3) is 10.0 Å². The monoisotopic (exact) mass is 369 g/mol. The minimum atomic E-state index is -4.15. The van der Waals surface area contributed by atoms with Crippen LogP contribution in [0.25, 0.3) is 0 Å². The van der Waals surface area contributed by atoms with Gasteiger partial charge in [-0.05, 0) is 32.0 Å². The van der Waals surface area contributed by atoms with Crippen molar-refractivity contribution in [3.63, 3.8) is 0 Å². The molecule has 24 heavy (non-hydrogen) atoms. The number of hydrogen-bond donors (Lipinski definition) is 2. The topological polar surface area (TPSA) is 97.4 Å². The summed E-state index contributed by atoms with van der Waals surface area (Å²) in [6, 6.07) is 6.84. The van der Waals surface area contributed by atoms with Crippen LogP contribution in [-0.2, 0) is 10.0 Å². The molecular formula is C15H16ClN3O4S. The molecule has 2 N–H and O–H groups in total. The van der Waals surface area contributed by atoms with E-state index in [-0.39, 0.29) is 16.7 Å². The van der Waals surface area contributed by atoms with Gasteiger partial charge in [0.2, 0.25) is 0 Å². The molecule has 7 nitrogen and oxygen atoms in total. The molecule has 0 atom stereocenters. The molecule has 0 aliphatic heterocycles. The van der Waals surface area contributed by atoms with E-state index in [0.717, 1.165) is 6.20 Å². The molecule has 0 bridgehead atoms. The van der Waals surface area contributed by atoms with Crippen LogP contribution < -0.4 is 14.8 Å². The molecule has 2 amide bonds. The van der Waals surface area contributed by atoms with E-state index in [1.165, 1.54) is 18.3 Å². The lowest BCUT2D eigenvalue weighted by Crippen LogP contribution is -2.42. The summed E-state index contributed by atoms with van der Waals surface area (Å²) in [6.07, 6.45) is 2.48. The van der Waals surface area contributed by atoms with Gasteiger partial charge in [-0.15, -0.1) is 0 Å². The third-order valence-electron chi connectivity index (χ3n) is 2.71. The highest BCUT2D eigenvalue weighted by Gasteiger charge is 2.23. The number of hydrogen-bond acceptors (Lipinski definition) is 5. The number of urea groups is 1. The van der Waals surface area contributed by atoms with Gasteiger partial charge in [-0.3, -0.25) is 4.98 Å². The van der Waals surface area contributed by atoms with E-state index in [4.69, 9.17) is 16.3 Å². The Labute approximate surface area is 145 Å². The average Bonchev–Trinajstić information content (AvgIpc) is 2.46. The third kappa shape index (κ3) is 4.84. The lowest BCUT2D eigenvalue weighted by molar-refractivity contribution is 0.243. The summed E-state index contributed by atoms with van der Waals surface area (Å²) < 4.78 is 32.2. The van der Waals surface area contributed by atoms with Crippen LogP contribution in [0.2, 0.25) is 5.02 Å². The highest BCUT2D eigenvalue weighted by Crippen LogP contribution is 2.29. The predicted molar refractivity (Wildman–Crippen MR) is 89.8 cm³/mol. The number of rotatable bonds is 5. The maximum absolute atomic E-state index is 12.4. The fourth-order valence-electron chi connectivity index (χ4n) is 1.78. The van der Waals surface area contributed by atoms with Crippen LogP contribution in [0.5, 0.6) is 11.5 Å². The minimum Gasteiger partial charge on any atom is -0.456 e. The molecule has 1 aromatic carbocycles. The number of pyridine rings is 1. The number of carbonyl (C=O) groups is 1. The van der Waals surface area contributed by atoms with Crippen LogP contribution >= 0.6 is 11.6 Å². The molecular weight excluding hydrogens is 354 g/mol. The van der Waals surface area contributed by atoms with Gasteiger partial charge in [-0.25, -0.2) is 17.9 Å². The fraction of sp³-hybridized carbons (Fsp3) is 0.200. The summed E-state index contributed by atoms with van der Waals surface area (Å²) in [5.41, 5.74) is 0. The first-order valence-corrected chi connectivity index (χ1v) is 8.85. The Balaban J connectivity index is 2.29. The standard InChI is InChI=1S/C15H16ClN3O4S/c1-10(2)18-15(20)19-24(21,22)14-9-17-7-6-13(14)23-12-5-3-4-11(16)8-12/h3-10H,1-2H3,(H2,18,19,20). The zero-order valence-corrected chi connectivity index (χ0v) is 14.6. The van der Waals surface area contributed by atoms with Crippen molar-refractivity contribution in [2.75, 3.05) is 0 Å². The van der Waals surface area contributed by atoms with Gasteiger partial charge < -0.3 is 10.1 Å². The summed E-state index contributed by atoms with van der Waals surface area (Å²) in [5.74, 6) is 0.383. The first-order valence-electron chi connectivity index (χ1n) is 6.98. The second kappa shape index (κ2) is 7.50. The molecule has 0 fully saturated rings. The minimum absolute atomic E-state index is 0.0251. The average molecular weight is 370 g/mol. The summed E-state index contributed by atoms with van der Waals surface area (Å²) in [5, 5.41) is 2.88. The molecule has 0 spiro atoms. The molecule has 0 saturated heterocycles. The fourth-order valence-corrected chi connectivity index (χ4v) is 2.95. The van der Waals surface area contributed by atoms with Crippen molar-refractivity contribution in [3.05, 3.63) is 47.7 Å². The van der Waals surface area contributed by atoms with Crippen LogP contribution in [0, 0.1) is 0 Å². The maximum Gasteiger partial charge on any atom is 0.328 e. The van der Waals surface area contributed by atoms with Crippen molar-refractivity contribution in [3.8, 4) is 11.5 Å². The van der Waals surface area contributed by atoms with Crippen molar-refractivity contribution in [1.29, 1.82) is 0 Å². The summed E-state index contributed by atoms with van der Waals surface area (Å²) in [7, 11) is -4.15. The van der Waals surface area contributed by atoms with E-state index in [2.05, 4.69) is 10.3 Å². The Hall–Kier alpha value is -2.32. The Bertz CT molecular complexity index is 840. The molecule has 2 rings (SSSR count). The third-order valence-corrected chi connectivity index (χ3v) is 4.28. The largest absolute Gasteiger partial charge is 0.456 e. The second-order valence-electron chi connectivity index (χ2n) is 5.12. The number of halogens is 1. The Morgan fingerprint density at radius 1 is 1.29 bits per heavy atom. The molecule has 2 aromatic rings. The summed E-state index contributed by atoms with van der Waals surface area (Å²) in [4.78, 5) is 15.2. The maximum atomic E-state index is 12.4. The zero-order valence-electron chi connectivity index (χ0n) is 13.0. The SMILES string of the molecule is CC(C)NC(=O)NS(=O)(=O)c1cnccc1Oc1cccc(Cl)c1. The first-order chi connectivity index (χ1) is 11.3. The molecule has 0 aliphatic rings. The quantitative estimate of drug-likeness (QED) is 0.844. The second-order valence-corrected chi connectivity index (χ2v) is 7.20. The van der Waals surface area contributed by atoms with E-state index in [0.29, 0.717) is 10.8 Å². The van der Waals surface area contributed by atoms with Gasteiger partial charge in [0.1, 0.15) is 10.6 Å². The molecule has 1 aromatic heterocycles. The van der Waals surface area contributed by atoms with Gasteiger partial charge in [0.05, 0.1) is 6.20 Å². The van der Waals surface area contributed by atoms with E-state index in [9.17, 15) is 13.2 Å². The zero-order chi connectivity index (χ0) is 17.7. The molecule has 0 aliphatic carbocycles. The van der Waals surface area contributed by atoms with Crippen LogP contribution in [0.3, 0.4) is 0 Å². The summed E-state index contributed by atoms with van der Waals surface area (Å²) >= 11 is 5.88. The van der Waals surface area contributed by atoms with Crippen LogP contribution in [0.4, 0.5) is 4.79 Å². The molecule has 1 heterocycles. The van der Waals surface area contributed by atoms with Gasteiger partial charge >= 0.3 is 6.03 Å². The number of sulfonamides is 1. The number of ether oxygens (including phenoxy) is 1. The smallest absolute Gasteiger partial charge is 0.328 e. The Morgan fingerprint density at radius 2 is 2.04 bits per heavy atom. The molecule has 0 radical (unpaired) electrons. The van der Waals surface area contributed by atoms with Gasteiger partial charge in [0.15, 0.2) is 5.75 Å². The van der Waals surface area contributed by atoms with E-state index in [1.54, 1.807) is 32.0 Å².